The van der Waals surface area contributed by atoms with Gasteiger partial charge in [-0.15, -0.1) is 0 Å². The normalized spacial score (nSPS) is 15.6. The van der Waals surface area contributed by atoms with E-state index in [1.54, 1.807) is 0 Å². The van der Waals surface area contributed by atoms with E-state index < -0.39 is 0 Å². The number of amides is 1. The summed E-state index contributed by atoms with van der Waals surface area (Å²) in [6.45, 7) is 7.23. The number of rotatable bonds is 5. The largest absolute Gasteiger partial charge is 0.398 e. The second-order valence-corrected chi connectivity index (χ2v) is 6.66. The molecule has 0 radical (unpaired) electrons. The van der Waals surface area contributed by atoms with Gasteiger partial charge in [0.15, 0.2) is 0 Å². The molecule has 1 aromatic rings. The molecule has 1 amide bonds. The van der Waals surface area contributed by atoms with E-state index in [0.717, 1.165) is 31.4 Å². The van der Waals surface area contributed by atoms with Crippen LogP contribution in [0.25, 0.3) is 0 Å². The number of anilines is 1. The zero-order valence-corrected chi connectivity index (χ0v) is 13.6. The molecule has 0 aromatic heterocycles. The average molecular weight is 288 g/mol. The zero-order valence-electron chi connectivity index (χ0n) is 13.6. The highest BCUT2D eigenvalue weighted by atomic mass is 16.2. The number of hydrogen-bond acceptors (Lipinski definition) is 2. The van der Waals surface area contributed by atoms with E-state index in [2.05, 4.69) is 18.7 Å². The molecule has 2 N–H and O–H groups in total. The van der Waals surface area contributed by atoms with E-state index >= 15 is 0 Å². The lowest BCUT2D eigenvalue weighted by Gasteiger charge is -2.30. The Bertz CT molecular complexity index is 470. The molecular formula is C18H28N2O. The summed E-state index contributed by atoms with van der Waals surface area (Å²) in [6.07, 6.45) is 5.79. The van der Waals surface area contributed by atoms with Crippen molar-refractivity contribution in [3.05, 3.63) is 29.3 Å². The molecule has 0 unspecified atom stereocenters. The molecule has 21 heavy (non-hydrogen) atoms. The number of nitrogen functional groups attached to an aromatic ring is 1. The van der Waals surface area contributed by atoms with Crippen molar-refractivity contribution in [2.24, 2.45) is 5.92 Å². The van der Waals surface area contributed by atoms with Crippen LogP contribution >= 0.6 is 0 Å². The summed E-state index contributed by atoms with van der Waals surface area (Å²) < 4.78 is 0. The van der Waals surface area contributed by atoms with Gasteiger partial charge in [-0.25, -0.2) is 0 Å². The average Bonchev–Trinajstić information content (AvgIpc) is 2.92. The summed E-state index contributed by atoms with van der Waals surface area (Å²) >= 11 is 0. The number of nitrogens with two attached hydrogens (primary N) is 1. The van der Waals surface area contributed by atoms with Crippen LogP contribution in [0, 0.1) is 12.8 Å². The Balaban J connectivity index is 2.24. The van der Waals surface area contributed by atoms with Crippen molar-refractivity contribution in [3.8, 4) is 0 Å². The maximum atomic E-state index is 13.0. The molecule has 0 aliphatic heterocycles. The monoisotopic (exact) mass is 288 g/mol. The van der Waals surface area contributed by atoms with Crippen LogP contribution in [0.2, 0.25) is 0 Å². The SMILES string of the molecule is Cc1cccc(N)c1C(=O)N(CCC(C)C)C1CCCC1. The Morgan fingerprint density at radius 1 is 1.33 bits per heavy atom. The minimum Gasteiger partial charge on any atom is -0.398 e. The van der Waals surface area contributed by atoms with Gasteiger partial charge in [-0.3, -0.25) is 4.79 Å². The zero-order chi connectivity index (χ0) is 15.4. The summed E-state index contributed by atoms with van der Waals surface area (Å²) in [4.78, 5) is 15.1. The Labute approximate surface area is 128 Å². The van der Waals surface area contributed by atoms with Crippen molar-refractivity contribution in [2.45, 2.75) is 58.9 Å². The highest BCUT2D eigenvalue weighted by Crippen LogP contribution is 2.28. The fraction of sp³-hybridized carbons (Fsp3) is 0.611. The van der Waals surface area contributed by atoms with Crippen molar-refractivity contribution in [1.29, 1.82) is 0 Å². The van der Waals surface area contributed by atoms with Gasteiger partial charge >= 0.3 is 0 Å². The Kier molecular flexibility index (Phi) is 5.27. The molecule has 1 aliphatic rings. The van der Waals surface area contributed by atoms with E-state index in [4.69, 9.17) is 5.73 Å². The molecule has 0 spiro atoms. The molecule has 1 saturated carbocycles. The minimum absolute atomic E-state index is 0.123. The lowest BCUT2D eigenvalue weighted by atomic mass is 10.0. The molecule has 1 fully saturated rings. The third-order valence-corrected chi connectivity index (χ3v) is 4.49. The summed E-state index contributed by atoms with van der Waals surface area (Å²) in [6, 6.07) is 6.11. The summed E-state index contributed by atoms with van der Waals surface area (Å²) in [5, 5.41) is 0. The van der Waals surface area contributed by atoms with Crippen molar-refractivity contribution in [1.82, 2.24) is 4.90 Å². The van der Waals surface area contributed by atoms with Gasteiger partial charge in [0.05, 0.1) is 5.56 Å². The number of nitrogens with zero attached hydrogens (tertiary/aromatic N) is 1. The first kappa shape index (κ1) is 15.9. The maximum Gasteiger partial charge on any atom is 0.256 e. The molecule has 1 aliphatic carbocycles. The van der Waals surface area contributed by atoms with Crippen LogP contribution in [0.4, 0.5) is 5.69 Å². The van der Waals surface area contributed by atoms with E-state index in [-0.39, 0.29) is 5.91 Å². The van der Waals surface area contributed by atoms with Crippen LogP contribution in [0.1, 0.15) is 61.9 Å². The van der Waals surface area contributed by atoms with Crippen LogP contribution in [0.3, 0.4) is 0 Å². The molecule has 3 nitrogen and oxygen atoms in total. The predicted molar refractivity (Wildman–Crippen MR) is 88.3 cm³/mol. The first-order chi connectivity index (χ1) is 10.0. The molecule has 0 heterocycles. The van der Waals surface area contributed by atoms with Gasteiger partial charge in [-0.1, -0.05) is 38.8 Å². The second kappa shape index (κ2) is 6.97. The van der Waals surface area contributed by atoms with Gasteiger partial charge in [0.25, 0.3) is 5.91 Å². The fourth-order valence-corrected chi connectivity index (χ4v) is 3.19. The van der Waals surface area contributed by atoms with Crippen LogP contribution in [0.5, 0.6) is 0 Å². The number of aryl methyl sites for hydroxylation is 1. The van der Waals surface area contributed by atoms with E-state index in [1.165, 1.54) is 12.8 Å². The Hall–Kier alpha value is -1.51. The van der Waals surface area contributed by atoms with Gasteiger partial charge < -0.3 is 10.6 Å². The number of carbonyl (C=O) groups excluding carboxylic acids is 1. The molecule has 0 bridgehead atoms. The van der Waals surface area contributed by atoms with E-state index in [9.17, 15) is 4.79 Å². The number of hydrogen-bond donors (Lipinski definition) is 1. The maximum absolute atomic E-state index is 13.0. The van der Waals surface area contributed by atoms with Crippen molar-refractivity contribution >= 4 is 11.6 Å². The summed E-state index contributed by atoms with van der Waals surface area (Å²) in [7, 11) is 0. The third kappa shape index (κ3) is 3.78. The smallest absolute Gasteiger partial charge is 0.256 e. The van der Waals surface area contributed by atoms with Crippen molar-refractivity contribution in [3.63, 3.8) is 0 Å². The first-order valence-electron chi connectivity index (χ1n) is 8.16. The standard InChI is InChI=1S/C18H28N2O/c1-13(2)11-12-20(15-8-4-5-9-15)18(21)17-14(3)7-6-10-16(17)19/h6-7,10,13,15H,4-5,8-9,11-12,19H2,1-3H3. The summed E-state index contributed by atoms with van der Waals surface area (Å²) in [5.41, 5.74) is 8.35. The van der Waals surface area contributed by atoms with Crippen LogP contribution in [-0.2, 0) is 0 Å². The van der Waals surface area contributed by atoms with Crippen LogP contribution in [-0.4, -0.2) is 23.4 Å². The highest BCUT2D eigenvalue weighted by Gasteiger charge is 2.28. The third-order valence-electron chi connectivity index (χ3n) is 4.49. The lowest BCUT2D eigenvalue weighted by molar-refractivity contribution is 0.0672. The van der Waals surface area contributed by atoms with E-state index in [0.29, 0.717) is 23.2 Å². The molecule has 1 aromatic carbocycles. The minimum atomic E-state index is 0.123. The lowest BCUT2D eigenvalue weighted by Crippen LogP contribution is -2.40. The van der Waals surface area contributed by atoms with Crippen LogP contribution < -0.4 is 5.73 Å². The Morgan fingerprint density at radius 2 is 2.00 bits per heavy atom. The molecular weight excluding hydrogens is 260 g/mol. The van der Waals surface area contributed by atoms with Crippen molar-refractivity contribution < 1.29 is 4.79 Å². The molecule has 116 valence electrons. The molecule has 2 rings (SSSR count). The van der Waals surface area contributed by atoms with Crippen LogP contribution in [0.15, 0.2) is 18.2 Å². The predicted octanol–water partition coefficient (Wildman–Crippen LogP) is 4.01. The van der Waals surface area contributed by atoms with Gasteiger partial charge in [-0.2, -0.15) is 0 Å². The topological polar surface area (TPSA) is 46.3 Å². The van der Waals surface area contributed by atoms with E-state index in [1.807, 2.05) is 25.1 Å². The molecule has 0 saturated heterocycles. The number of benzene rings is 1. The van der Waals surface area contributed by atoms with Gasteiger partial charge in [0, 0.05) is 18.3 Å². The first-order valence-corrected chi connectivity index (χ1v) is 8.16. The van der Waals surface area contributed by atoms with Gasteiger partial charge in [-0.05, 0) is 43.7 Å². The molecule has 0 atom stereocenters. The Morgan fingerprint density at radius 3 is 2.57 bits per heavy atom. The van der Waals surface area contributed by atoms with Gasteiger partial charge in [0.2, 0.25) is 0 Å². The second-order valence-electron chi connectivity index (χ2n) is 6.66. The highest BCUT2D eigenvalue weighted by molar-refractivity contribution is 6.00. The number of carbonyl (C=O) groups is 1. The summed E-state index contributed by atoms with van der Waals surface area (Å²) in [5.74, 6) is 0.731. The quantitative estimate of drug-likeness (QED) is 0.832. The fourth-order valence-electron chi connectivity index (χ4n) is 3.19. The molecule has 3 heteroatoms. The van der Waals surface area contributed by atoms with Gasteiger partial charge in [0.1, 0.15) is 0 Å². The van der Waals surface area contributed by atoms with Crippen molar-refractivity contribution in [2.75, 3.05) is 12.3 Å².